The molecule has 11 heteroatoms. The van der Waals surface area contributed by atoms with Gasteiger partial charge >= 0.3 is 6.18 Å². The molecule has 1 saturated heterocycles. The second kappa shape index (κ2) is 12.1. The van der Waals surface area contributed by atoms with E-state index < -0.39 is 17.6 Å². The van der Waals surface area contributed by atoms with E-state index >= 15 is 0 Å². The van der Waals surface area contributed by atoms with Crippen LogP contribution in [0.3, 0.4) is 0 Å². The van der Waals surface area contributed by atoms with Gasteiger partial charge in [0, 0.05) is 75.4 Å². The normalized spacial score (nSPS) is 14.4. The van der Waals surface area contributed by atoms with E-state index in [4.69, 9.17) is 0 Å². The molecule has 1 aliphatic rings. The van der Waals surface area contributed by atoms with Gasteiger partial charge in [0.25, 0.3) is 5.91 Å². The molecule has 4 aromatic rings. The number of hydrogen-bond donors (Lipinski definition) is 1. The van der Waals surface area contributed by atoms with E-state index in [1.54, 1.807) is 28.9 Å². The summed E-state index contributed by atoms with van der Waals surface area (Å²) in [6, 6.07) is 11.0. The molecule has 8 nitrogen and oxygen atoms in total. The fourth-order valence-corrected chi connectivity index (χ4v) is 4.94. The highest BCUT2D eigenvalue weighted by molar-refractivity contribution is 6.04. The number of piperazine rings is 1. The van der Waals surface area contributed by atoms with Crippen LogP contribution in [0, 0.1) is 25.7 Å². The van der Waals surface area contributed by atoms with Crippen molar-refractivity contribution in [2.75, 3.05) is 57.5 Å². The van der Waals surface area contributed by atoms with Crippen LogP contribution in [0.1, 0.15) is 43.7 Å². The number of anilines is 2. The number of amides is 1. The maximum Gasteiger partial charge on any atom is 0.416 e. The minimum absolute atomic E-state index is 0.0846. The first-order chi connectivity index (χ1) is 20.4. The predicted molar refractivity (Wildman–Crippen MR) is 161 cm³/mol. The van der Waals surface area contributed by atoms with E-state index in [9.17, 15) is 18.0 Å². The number of benzene rings is 2. The number of likely N-dealkylation sites (N-methyl/N-ethyl adjacent to an activating group) is 1. The van der Waals surface area contributed by atoms with E-state index in [-0.39, 0.29) is 17.8 Å². The van der Waals surface area contributed by atoms with E-state index in [1.807, 2.05) is 50.9 Å². The number of aryl methyl sites for hydroxylation is 2. The summed E-state index contributed by atoms with van der Waals surface area (Å²) in [5.74, 6) is 6.35. The van der Waals surface area contributed by atoms with Gasteiger partial charge in [0.1, 0.15) is 0 Å². The number of halogens is 3. The third-order valence-corrected chi connectivity index (χ3v) is 7.51. The van der Waals surface area contributed by atoms with Crippen LogP contribution >= 0.6 is 0 Å². The first-order valence-corrected chi connectivity index (χ1v) is 14.0. The van der Waals surface area contributed by atoms with Crippen molar-refractivity contribution >= 4 is 23.2 Å². The van der Waals surface area contributed by atoms with Crippen LogP contribution in [0.5, 0.6) is 0 Å². The van der Waals surface area contributed by atoms with E-state index in [0.29, 0.717) is 30.2 Å². The Kier molecular flexibility index (Phi) is 8.44. The number of nitrogens with one attached hydrogen (secondary N) is 1. The van der Waals surface area contributed by atoms with Gasteiger partial charge in [-0.2, -0.15) is 18.2 Å². The van der Waals surface area contributed by atoms with Crippen LogP contribution in [-0.2, 0) is 12.7 Å². The van der Waals surface area contributed by atoms with E-state index in [1.165, 1.54) is 12.1 Å². The fraction of sp³-hybridized carbons (Fsp3) is 0.344. The first-order valence-electron chi connectivity index (χ1n) is 14.0. The van der Waals surface area contributed by atoms with Crippen LogP contribution in [0.25, 0.3) is 5.65 Å². The Morgan fingerprint density at radius 1 is 1.00 bits per heavy atom. The summed E-state index contributed by atoms with van der Waals surface area (Å²) in [6.45, 7) is 7.06. The fourth-order valence-electron chi connectivity index (χ4n) is 4.94. The van der Waals surface area contributed by atoms with Crippen LogP contribution in [0.4, 0.5) is 24.8 Å². The van der Waals surface area contributed by atoms with Crippen LogP contribution in [-0.4, -0.2) is 77.6 Å². The molecule has 0 aliphatic carbocycles. The molecule has 224 valence electrons. The Morgan fingerprint density at radius 2 is 1.74 bits per heavy atom. The molecular weight excluding hydrogens is 555 g/mol. The zero-order valence-corrected chi connectivity index (χ0v) is 24.9. The topological polar surface area (TPSA) is 69.0 Å². The van der Waals surface area contributed by atoms with E-state index in [2.05, 4.69) is 32.1 Å². The van der Waals surface area contributed by atoms with Crippen molar-refractivity contribution in [3.05, 3.63) is 87.6 Å². The molecule has 0 unspecified atom stereocenters. The molecule has 1 amide bonds. The lowest BCUT2D eigenvalue weighted by Crippen LogP contribution is -2.44. The van der Waals surface area contributed by atoms with E-state index in [0.717, 1.165) is 41.5 Å². The van der Waals surface area contributed by atoms with Crippen LogP contribution < -0.4 is 10.2 Å². The smallest absolute Gasteiger partial charge is 0.346 e. The molecule has 0 spiro atoms. The van der Waals surface area contributed by atoms with Gasteiger partial charge in [-0.3, -0.25) is 9.69 Å². The Hall–Kier alpha value is -4.40. The van der Waals surface area contributed by atoms with Crippen molar-refractivity contribution in [1.82, 2.24) is 24.4 Å². The summed E-state index contributed by atoms with van der Waals surface area (Å²) in [4.78, 5) is 23.6. The van der Waals surface area contributed by atoms with Crippen LogP contribution in [0.15, 0.2) is 48.7 Å². The standard InChI is InChI=1S/C32H34F3N7O/c1-21-6-8-25(17-24(21)9-7-23-16-22(2)29-37-31(39(3)4)38-42(29)19-23)30(43)36-27-11-10-26(28(18-27)32(33,34)35)20-41-14-12-40(5)13-15-41/h6,8,10-11,16-19H,12-15,20H2,1-5H3,(H,36,43). The van der Waals surface area contributed by atoms with Crippen LogP contribution in [0.2, 0.25) is 0 Å². The summed E-state index contributed by atoms with van der Waals surface area (Å²) < 4.78 is 43.7. The highest BCUT2D eigenvalue weighted by Crippen LogP contribution is 2.35. The monoisotopic (exact) mass is 589 g/mol. The number of aromatic nitrogens is 3. The van der Waals surface area contributed by atoms with Gasteiger partial charge < -0.3 is 15.1 Å². The Bertz CT molecular complexity index is 1720. The van der Waals surface area contributed by atoms with Gasteiger partial charge in [-0.15, -0.1) is 5.10 Å². The van der Waals surface area contributed by atoms with Crippen molar-refractivity contribution in [1.29, 1.82) is 0 Å². The van der Waals surface area contributed by atoms with Crippen molar-refractivity contribution in [3.63, 3.8) is 0 Å². The number of fused-ring (bicyclic) bond motifs is 1. The van der Waals surface area contributed by atoms with Gasteiger partial charge in [-0.1, -0.05) is 24.0 Å². The lowest BCUT2D eigenvalue weighted by molar-refractivity contribution is -0.138. The van der Waals surface area contributed by atoms with Gasteiger partial charge in [0.2, 0.25) is 5.95 Å². The van der Waals surface area contributed by atoms with Gasteiger partial charge in [0.05, 0.1) is 5.56 Å². The highest BCUT2D eigenvalue weighted by Gasteiger charge is 2.34. The zero-order valence-electron chi connectivity index (χ0n) is 24.9. The van der Waals surface area contributed by atoms with Crippen molar-refractivity contribution in [3.8, 4) is 11.8 Å². The van der Waals surface area contributed by atoms with Gasteiger partial charge in [-0.25, -0.2) is 4.52 Å². The summed E-state index contributed by atoms with van der Waals surface area (Å²) in [5, 5.41) is 7.12. The average molecular weight is 590 g/mol. The van der Waals surface area contributed by atoms with Gasteiger partial charge in [-0.05, 0) is 67.9 Å². The molecule has 1 fully saturated rings. The molecule has 1 aliphatic heterocycles. The number of rotatable bonds is 5. The maximum absolute atomic E-state index is 14.0. The Labute approximate surface area is 249 Å². The highest BCUT2D eigenvalue weighted by atomic mass is 19.4. The second-order valence-corrected chi connectivity index (χ2v) is 11.2. The third-order valence-electron chi connectivity index (χ3n) is 7.51. The number of nitrogens with zero attached hydrogens (tertiary/aromatic N) is 6. The molecule has 2 aromatic heterocycles. The van der Waals surface area contributed by atoms with Gasteiger partial charge in [0.15, 0.2) is 5.65 Å². The largest absolute Gasteiger partial charge is 0.416 e. The first kappa shape index (κ1) is 30.1. The molecule has 2 aromatic carbocycles. The minimum Gasteiger partial charge on any atom is -0.346 e. The molecule has 3 heterocycles. The Morgan fingerprint density at radius 3 is 2.44 bits per heavy atom. The predicted octanol–water partition coefficient (Wildman–Crippen LogP) is 4.83. The zero-order chi connectivity index (χ0) is 30.9. The summed E-state index contributed by atoms with van der Waals surface area (Å²) in [5.41, 5.74) is 3.73. The molecular formula is C32H34F3N7O. The van der Waals surface area contributed by atoms with Crippen molar-refractivity contribution in [2.45, 2.75) is 26.6 Å². The molecule has 1 N–H and O–H groups in total. The summed E-state index contributed by atoms with van der Waals surface area (Å²) >= 11 is 0. The molecule has 0 atom stereocenters. The maximum atomic E-state index is 14.0. The SMILES string of the molecule is Cc1ccc(C(=O)Nc2ccc(CN3CCN(C)CC3)c(C(F)(F)F)c2)cc1C#Cc1cc(C)c2nc(N(C)C)nn2c1. The minimum atomic E-state index is -4.54. The average Bonchev–Trinajstić information content (AvgIpc) is 3.39. The second-order valence-electron chi connectivity index (χ2n) is 11.2. The number of hydrogen-bond acceptors (Lipinski definition) is 6. The lowest BCUT2D eigenvalue weighted by atomic mass is 10.0. The third kappa shape index (κ3) is 6.98. The number of carbonyl (C=O) groups excluding carboxylic acids is 1. The Balaban J connectivity index is 1.35. The van der Waals surface area contributed by atoms with Crippen molar-refractivity contribution < 1.29 is 18.0 Å². The van der Waals surface area contributed by atoms with Crippen molar-refractivity contribution in [2.24, 2.45) is 0 Å². The molecule has 0 bridgehead atoms. The summed E-state index contributed by atoms with van der Waals surface area (Å²) in [6.07, 6.45) is -2.75. The molecule has 0 saturated carbocycles. The molecule has 0 radical (unpaired) electrons. The molecule has 43 heavy (non-hydrogen) atoms. The molecule has 5 rings (SSSR count). The summed E-state index contributed by atoms with van der Waals surface area (Å²) in [7, 11) is 5.74. The number of alkyl halides is 3. The number of carbonyl (C=O) groups is 1. The quantitative estimate of drug-likeness (QED) is 0.337. The number of pyridine rings is 1. The lowest BCUT2D eigenvalue weighted by Gasteiger charge is -2.33.